The number of hydrogen-bond acceptors (Lipinski definition) is 9. The molecule has 0 aromatic carbocycles. The van der Waals surface area contributed by atoms with Crippen LogP contribution in [0.3, 0.4) is 0 Å². The van der Waals surface area contributed by atoms with Crippen LogP contribution in [0, 0.1) is 19.8 Å². The van der Waals surface area contributed by atoms with Crippen LogP contribution >= 0.6 is 11.3 Å². The smallest absolute Gasteiger partial charge is 0.225 e. The molecule has 0 saturated heterocycles. The molecule has 2 aliphatic carbocycles. The highest BCUT2D eigenvalue weighted by molar-refractivity contribution is 7.21. The quantitative estimate of drug-likeness (QED) is 0.428. The monoisotopic (exact) mass is 468 g/mol. The van der Waals surface area contributed by atoms with Crippen LogP contribution in [0.2, 0.25) is 0 Å². The lowest BCUT2D eigenvalue weighted by molar-refractivity contribution is 0.0846. The minimum absolute atomic E-state index is 0.00631. The summed E-state index contributed by atoms with van der Waals surface area (Å²) in [6, 6.07) is 2.21. The number of thiazole rings is 1. The van der Waals surface area contributed by atoms with Gasteiger partial charge in [0.15, 0.2) is 0 Å². The number of aliphatic hydroxyl groups is 2. The molecule has 3 heterocycles. The molecule has 8 nitrogen and oxygen atoms in total. The second-order valence-corrected chi connectivity index (χ2v) is 10.4. The van der Waals surface area contributed by atoms with E-state index in [-0.39, 0.29) is 18.6 Å². The molecule has 176 valence electrons. The lowest BCUT2D eigenvalue weighted by Crippen LogP contribution is -2.34. The van der Waals surface area contributed by atoms with Gasteiger partial charge < -0.3 is 20.8 Å². The van der Waals surface area contributed by atoms with Crippen molar-refractivity contribution in [2.75, 3.05) is 17.2 Å². The first kappa shape index (κ1) is 22.4. The highest BCUT2D eigenvalue weighted by Crippen LogP contribution is 2.38. The molecule has 0 aliphatic heterocycles. The van der Waals surface area contributed by atoms with E-state index in [1.54, 1.807) is 11.3 Å². The molecule has 3 aromatic rings. The van der Waals surface area contributed by atoms with Gasteiger partial charge >= 0.3 is 0 Å². The topological polar surface area (TPSA) is 116 Å². The van der Waals surface area contributed by atoms with Gasteiger partial charge in [-0.25, -0.2) is 9.97 Å². The Bertz CT molecular complexity index is 1130. The Kier molecular flexibility index (Phi) is 6.44. The van der Waals surface area contributed by atoms with Gasteiger partial charge in [0.25, 0.3) is 0 Å². The van der Waals surface area contributed by atoms with Gasteiger partial charge in [-0.1, -0.05) is 19.3 Å². The maximum absolute atomic E-state index is 10.7. The van der Waals surface area contributed by atoms with Gasteiger partial charge in [0, 0.05) is 24.8 Å². The number of nitrogens with one attached hydrogen (secondary N) is 2. The van der Waals surface area contributed by atoms with Crippen LogP contribution in [0.1, 0.15) is 56.3 Å². The van der Waals surface area contributed by atoms with Crippen LogP contribution in [0.5, 0.6) is 0 Å². The van der Waals surface area contributed by atoms with Gasteiger partial charge in [0.2, 0.25) is 5.95 Å². The third kappa shape index (κ3) is 4.54. The molecule has 9 heteroatoms. The van der Waals surface area contributed by atoms with Crippen molar-refractivity contribution in [3.8, 4) is 10.6 Å². The van der Waals surface area contributed by atoms with Crippen LogP contribution in [-0.2, 0) is 0 Å². The van der Waals surface area contributed by atoms with Gasteiger partial charge in [0.05, 0.1) is 33.8 Å². The minimum atomic E-state index is -0.616. The van der Waals surface area contributed by atoms with E-state index in [0.717, 1.165) is 57.9 Å². The van der Waals surface area contributed by atoms with E-state index in [4.69, 9.17) is 15.0 Å². The molecular formula is C24H32N6O2S. The first-order chi connectivity index (χ1) is 16.0. The van der Waals surface area contributed by atoms with E-state index in [2.05, 4.69) is 15.6 Å². The van der Waals surface area contributed by atoms with Crippen LogP contribution in [0.15, 0.2) is 12.3 Å². The molecule has 0 radical (unpaired) electrons. The molecule has 3 unspecified atom stereocenters. The van der Waals surface area contributed by atoms with E-state index in [1.807, 2.05) is 26.1 Å². The third-order valence-corrected chi connectivity index (χ3v) is 8.07. The number of fused-ring (bicyclic) bond motifs is 1. The molecule has 2 saturated carbocycles. The summed E-state index contributed by atoms with van der Waals surface area (Å²) in [5, 5.41) is 28.2. The second-order valence-electron chi connectivity index (χ2n) is 9.36. The van der Waals surface area contributed by atoms with Crippen molar-refractivity contribution >= 4 is 33.3 Å². The SMILES string of the molecule is Cc1nc(NC2CCCCC2)nc(NC2CCC(CO)C2O)c1-c1nc2c(C)nccc2s1. The van der Waals surface area contributed by atoms with Crippen molar-refractivity contribution in [1.29, 1.82) is 0 Å². The molecule has 0 spiro atoms. The maximum Gasteiger partial charge on any atom is 0.225 e. The summed E-state index contributed by atoms with van der Waals surface area (Å²) in [4.78, 5) is 19.0. The molecule has 0 amide bonds. The van der Waals surface area contributed by atoms with Crippen molar-refractivity contribution in [3.63, 3.8) is 0 Å². The number of aliphatic hydroxyl groups excluding tert-OH is 2. The van der Waals surface area contributed by atoms with Crippen LogP contribution < -0.4 is 10.6 Å². The fourth-order valence-electron chi connectivity index (χ4n) is 5.11. The molecule has 2 fully saturated rings. The van der Waals surface area contributed by atoms with E-state index in [1.165, 1.54) is 19.3 Å². The molecule has 2 aliphatic rings. The second kappa shape index (κ2) is 9.48. The number of pyridine rings is 1. The minimum Gasteiger partial charge on any atom is -0.396 e. The number of hydrogen-bond donors (Lipinski definition) is 4. The lowest BCUT2D eigenvalue weighted by Gasteiger charge is -2.25. The van der Waals surface area contributed by atoms with Gasteiger partial charge in [-0.05, 0) is 45.6 Å². The standard InChI is InChI=1S/C24H32N6O2S/c1-13-19(23-29-20-14(2)25-11-10-18(20)33-23)22(28-17-9-8-15(12-31)21(17)32)30-24(26-13)27-16-6-4-3-5-7-16/h10-11,15-17,21,31-32H,3-9,12H2,1-2H3,(H2,26,27,28,30). The van der Waals surface area contributed by atoms with E-state index >= 15 is 0 Å². The van der Waals surface area contributed by atoms with Crippen molar-refractivity contribution in [3.05, 3.63) is 23.7 Å². The highest BCUT2D eigenvalue weighted by Gasteiger charge is 2.35. The molecule has 33 heavy (non-hydrogen) atoms. The number of nitrogens with zero attached hydrogens (tertiary/aromatic N) is 4. The summed E-state index contributed by atoms with van der Waals surface area (Å²) in [7, 11) is 0. The van der Waals surface area contributed by atoms with Crippen molar-refractivity contribution in [2.45, 2.75) is 77.0 Å². The fourth-order valence-corrected chi connectivity index (χ4v) is 6.22. The van der Waals surface area contributed by atoms with E-state index < -0.39 is 6.10 Å². The Labute approximate surface area is 197 Å². The Hall–Kier alpha value is -2.36. The summed E-state index contributed by atoms with van der Waals surface area (Å²) in [5.41, 5.74) is 3.51. The zero-order valence-electron chi connectivity index (χ0n) is 19.2. The van der Waals surface area contributed by atoms with Gasteiger partial charge in [-0.3, -0.25) is 4.98 Å². The molecule has 3 atom stereocenters. The summed E-state index contributed by atoms with van der Waals surface area (Å²) in [6.07, 6.45) is 8.79. The van der Waals surface area contributed by atoms with Crippen LogP contribution in [0.4, 0.5) is 11.8 Å². The number of anilines is 2. The lowest BCUT2D eigenvalue weighted by atomic mass is 9.96. The average Bonchev–Trinajstić information content (AvgIpc) is 3.38. The van der Waals surface area contributed by atoms with Crippen molar-refractivity contribution in [2.24, 2.45) is 5.92 Å². The van der Waals surface area contributed by atoms with Gasteiger partial charge in [-0.15, -0.1) is 11.3 Å². The van der Waals surface area contributed by atoms with Crippen LogP contribution in [0.25, 0.3) is 20.8 Å². The summed E-state index contributed by atoms with van der Waals surface area (Å²) in [5.74, 6) is 1.20. The van der Waals surface area contributed by atoms with Gasteiger partial charge in [-0.2, -0.15) is 4.98 Å². The Balaban J connectivity index is 1.53. The van der Waals surface area contributed by atoms with E-state index in [9.17, 15) is 10.2 Å². The first-order valence-electron chi connectivity index (χ1n) is 12.0. The molecular weight excluding hydrogens is 436 g/mol. The van der Waals surface area contributed by atoms with Gasteiger partial charge in [0.1, 0.15) is 16.3 Å². The zero-order valence-corrected chi connectivity index (χ0v) is 20.0. The normalized spacial score (nSPS) is 23.8. The molecule has 4 N–H and O–H groups in total. The highest BCUT2D eigenvalue weighted by atomic mass is 32.1. The maximum atomic E-state index is 10.7. The fraction of sp³-hybridized carbons (Fsp3) is 0.583. The Morgan fingerprint density at radius 1 is 1.00 bits per heavy atom. The van der Waals surface area contributed by atoms with E-state index in [0.29, 0.717) is 17.8 Å². The predicted molar refractivity (Wildman–Crippen MR) is 132 cm³/mol. The molecule has 3 aromatic heterocycles. The summed E-state index contributed by atoms with van der Waals surface area (Å²) < 4.78 is 1.08. The third-order valence-electron chi connectivity index (χ3n) is 7.03. The molecule has 5 rings (SSSR count). The predicted octanol–water partition coefficient (Wildman–Crippen LogP) is 4.05. The van der Waals surface area contributed by atoms with Crippen LogP contribution in [-0.4, -0.2) is 54.9 Å². The average molecular weight is 469 g/mol. The van der Waals surface area contributed by atoms with Crippen molar-refractivity contribution < 1.29 is 10.2 Å². The molecule has 0 bridgehead atoms. The summed E-state index contributed by atoms with van der Waals surface area (Å²) >= 11 is 1.60. The first-order valence-corrected chi connectivity index (χ1v) is 12.8. The zero-order chi connectivity index (χ0) is 22.9. The van der Waals surface area contributed by atoms with Crippen molar-refractivity contribution in [1.82, 2.24) is 19.9 Å². The largest absolute Gasteiger partial charge is 0.396 e. The summed E-state index contributed by atoms with van der Waals surface area (Å²) in [6.45, 7) is 3.95. The number of aryl methyl sites for hydroxylation is 2. The Morgan fingerprint density at radius 3 is 2.55 bits per heavy atom. The number of aromatic nitrogens is 4. The number of rotatable bonds is 6. The Morgan fingerprint density at radius 2 is 1.82 bits per heavy atom.